The molecule has 21 heavy (non-hydrogen) atoms. The fraction of sp³-hybridized carbons (Fsp3) is 0.118. The van der Waals surface area contributed by atoms with Crippen LogP contribution in [0.25, 0.3) is 6.08 Å². The summed E-state index contributed by atoms with van der Waals surface area (Å²) in [6.45, 7) is 0.241. The molecule has 0 aliphatic carbocycles. The van der Waals surface area contributed by atoms with Gasteiger partial charge in [0.25, 0.3) is 0 Å². The number of methoxy groups -OCH3 is 1. The highest BCUT2D eigenvalue weighted by molar-refractivity contribution is 6.07. The van der Waals surface area contributed by atoms with Gasteiger partial charge in [0.1, 0.15) is 5.75 Å². The Labute approximate surface area is 122 Å². The van der Waals surface area contributed by atoms with Crippen LogP contribution in [0, 0.1) is 0 Å². The first-order valence-electron chi connectivity index (χ1n) is 6.52. The zero-order valence-electron chi connectivity index (χ0n) is 11.5. The SMILES string of the molecule is COc1cccc(C(=O)/C=C/c2ccc3c(c2)OCO3)c1. The number of hydrogen-bond acceptors (Lipinski definition) is 4. The van der Waals surface area contributed by atoms with Gasteiger partial charge in [0.05, 0.1) is 7.11 Å². The molecule has 4 nitrogen and oxygen atoms in total. The van der Waals surface area contributed by atoms with E-state index in [0.29, 0.717) is 17.1 Å². The Balaban J connectivity index is 1.77. The molecule has 1 aliphatic rings. The summed E-state index contributed by atoms with van der Waals surface area (Å²) in [6.07, 6.45) is 3.29. The molecular formula is C17H14O4. The molecule has 0 aromatic heterocycles. The average Bonchev–Trinajstić information content (AvgIpc) is 3.00. The van der Waals surface area contributed by atoms with Gasteiger partial charge in [-0.1, -0.05) is 24.3 Å². The highest BCUT2D eigenvalue weighted by Gasteiger charge is 2.12. The Bertz CT molecular complexity index is 704. The predicted molar refractivity (Wildman–Crippen MR) is 78.9 cm³/mol. The predicted octanol–water partition coefficient (Wildman–Crippen LogP) is 3.32. The maximum Gasteiger partial charge on any atom is 0.231 e. The number of carbonyl (C=O) groups excluding carboxylic acids is 1. The van der Waals surface area contributed by atoms with Crippen LogP contribution in [0.1, 0.15) is 15.9 Å². The topological polar surface area (TPSA) is 44.8 Å². The number of rotatable bonds is 4. The molecule has 0 N–H and O–H groups in total. The minimum atomic E-state index is -0.0773. The maximum absolute atomic E-state index is 12.1. The van der Waals surface area contributed by atoms with E-state index in [2.05, 4.69) is 0 Å². The first-order valence-corrected chi connectivity index (χ1v) is 6.52. The third-order valence-corrected chi connectivity index (χ3v) is 3.18. The van der Waals surface area contributed by atoms with E-state index < -0.39 is 0 Å². The zero-order valence-corrected chi connectivity index (χ0v) is 11.5. The molecule has 0 fully saturated rings. The molecule has 0 unspecified atom stereocenters. The molecule has 0 saturated heterocycles. The van der Waals surface area contributed by atoms with Gasteiger partial charge in [-0.25, -0.2) is 0 Å². The van der Waals surface area contributed by atoms with Crippen LogP contribution in [0.2, 0.25) is 0 Å². The first-order chi connectivity index (χ1) is 10.3. The summed E-state index contributed by atoms with van der Waals surface area (Å²) in [5, 5.41) is 0. The van der Waals surface area contributed by atoms with Crippen molar-refractivity contribution >= 4 is 11.9 Å². The second-order valence-electron chi connectivity index (χ2n) is 4.54. The Morgan fingerprint density at radius 1 is 1.14 bits per heavy atom. The molecule has 1 heterocycles. The standard InChI is InChI=1S/C17H14O4/c1-19-14-4-2-3-13(10-14)15(18)7-5-12-6-8-16-17(9-12)21-11-20-16/h2-10H,11H2,1H3/b7-5+. The third kappa shape index (κ3) is 2.89. The van der Waals surface area contributed by atoms with Crippen molar-refractivity contribution in [3.63, 3.8) is 0 Å². The van der Waals surface area contributed by atoms with Crippen molar-refractivity contribution in [2.24, 2.45) is 0 Å². The highest BCUT2D eigenvalue weighted by atomic mass is 16.7. The molecule has 1 aliphatic heterocycles. The Morgan fingerprint density at radius 3 is 2.86 bits per heavy atom. The van der Waals surface area contributed by atoms with Crippen molar-refractivity contribution in [1.29, 1.82) is 0 Å². The Morgan fingerprint density at radius 2 is 2.00 bits per heavy atom. The van der Waals surface area contributed by atoms with Crippen LogP contribution >= 0.6 is 0 Å². The summed E-state index contributed by atoms with van der Waals surface area (Å²) in [5.74, 6) is 2.01. The zero-order chi connectivity index (χ0) is 14.7. The van der Waals surface area contributed by atoms with Gasteiger partial charge in [-0.3, -0.25) is 4.79 Å². The second-order valence-corrected chi connectivity index (χ2v) is 4.54. The van der Waals surface area contributed by atoms with Gasteiger partial charge in [-0.15, -0.1) is 0 Å². The van der Waals surface area contributed by atoms with Crippen LogP contribution in [0.3, 0.4) is 0 Å². The second kappa shape index (κ2) is 5.71. The van der Waals surface area contributed by atoms with E-state index in [-0.39, 0.29) is 12.6 Å². The monoisotopic (exact) mass is 282 g/mol. The molecule has 0 bridgehead atoms. The Kier molecular flexibility index (Phi) is 3.60. The number of benzene rings is 2. The van der Waals surface area contributed by atoms with Crippen LogP contribution in [0.5, 0.6) is 17.2 Å². The lowest BCUT2D eigenvalue weighted by Gasteiger charge is -2.01. The fourth-order valence-corrected chi connectivity index (χ4v) is 2.06. The minimum Gasteiger partial charge on any atom is -0.497 e. The molecule has 2 aromatic rings. The highest BCUT2D eigenvalue weighted by Crippen LogP contribution is 2.32. The maximum atomic E-state index is 12.1. The molecule has 0 atom stereocenters. The number of fused-ring (bicyclic) bond motifs is 1. The summed E-state index contributed by atoms with van der Waals surface area (Å²) >= 11 is 0. The van der Waals surface area contributed by atoms with Crippen molar-refractivity contribution in [3.05, 3.63) is 59.7 Å². The minimum absolute atomic E-state index is 0.0773. The van der Waals surface area contributed by atoms with E-state index in [1.54, 1.807) is 37.5 Å². The van der Waals surface area contributed by atoms with Crippen molar-refractivity contribution in [1.82, 2.24) is 0 Å². The van der Waals surface area contributed by atoms with Gasteiger partial charge >= 0.3 is 0 Å². The molecular weight excluding hydrogens is 268 g/mol. The number of ketones is 1. The van der Waals surface area contributed by atoms with Crippen molar-refractivity contribution in [2.75, 3.05) is 13.9 Å². The number of allylic oxidation sites excluding steroid dienone is 1. The lowest BCUT2D eigenvalue weighted by Crippen LogP contribution is -1.94. The van der Waals surface area contributed by atoms with Crippen LogP contribution in [-0.2, 0) is 0 Å². The fourth-order valence-electron chi connectivity index (χ4n) is 2.06. The summed E-state index contributed by atoms with van der Waals surface area (Å²) in [6, 6.07) is 12.6. The molecule has 0 saturated carbocycles. The average molecular weight is 282 g/mol. The van der Waals surface area contributed by atoms with E-state index in [9.17, 15) is 4.79 Å². The quantitative estimate of drug-likeness (QED) is 0.637. The molecule has 0 radical (unpaired) electrons. The van der Waals surface area contributed by atoms with Gasteiger partial charge in [-0.2, -0.15) is 0 Å². The number of hydrogen-bond donors (Lipinski definition) is 0. The smallest absolute Gasteiger partial charge is 0.231 e. The lowest BCUT2D eigenvalue weighted by atomic mass is 10.1. The molecule has 4 heteroatoms. The van der Waals surface area contributed by atoms with Crippen molar-refractivity contribution < 1.29 is 19.0 Å². The Hall–Kier alpha value is -2.75. The molecule has 0 amide bonds. The van der Waals surface area contributed by atoms with Crippen LogP contribution in [0.4, 0.5) is 0 Å². The molecule has 2 aromatic carbocycles. The largest absolute Gasteiger partial charge is 0.497 e. The lowest BCUT2D eigenvalue weighted by molar-refractivity contribution is 0.104. The van der Waals surface area contributed by atoms with E-state index in [0.717, 1.165) is 11.3 Å². The van der Waals surface area contributed by atoms with E-state index in [4.69, 9.17) is 14.2 Å². The van der Waals surface area contributed by atoms with E-state index in [1.807, 2.05) is 18.2 Å². The van der Waals surface area contributed by atoms with E-state index in [1.165, 1.54) is 6.08 Å². The summed E-state index contributed by atoms with van der Waals surface area (Å²) in [4.78, 5) is 12.1. The van der Waals surface area contributed by atoms with E-state index >= 15 is 0 Å². The molecule has 0 spiro atoms. The van der Waals surface area contributed by atoms with Crippen LogP contribution in [0.15, 0.2) is 48.5 Å². The van der Waals surface area contributed by atoms with Crippen molar-refractivity contribution in [2.45, 2.75) is 0 Å². The normalized spacial score (nSPS) is 12.6. The number of ether oxygens (including phenoxy) is 3. The van der Waals surface area contributed by atoms with Gasteiger partial charge < -0.3 is 14.2 Å². The van der Waals surface area contributed by atoms with Gasteiger partial charge in [0.2, 0.25) is 6.79 Å². The number of carbonyl (C=O) groups is 1. The van der Waals surface area contributed by atoms with Crippen LogP contribution < -0.4 is 14.2 Å². The van der Waals surface area contributed by atoms with Gasteiger partial charge in [0, 0.05) is 5.56 Å². The summed E-state index contributed by atoms with van der Waals surface area (Å²) < 4.78 is 15.7. The van der Waals surface area contributed by atoms with Gasteiger partial charge in [0.15, 0.2) is 17.3 Å². The van der Waals surface area contributed by atoms with Crippen molar-refractivity contribution in [3.8, 4) is 17.2 Å². The first kappa shape index (κ1) is 13.2. The van der Waals surface area contributed by atoms with Crippen LogP contribution in [-0.4, -0.2) is 19.7 Å². The molecule has 3 rings (SSSR count). The third-order valence-electron chi connectivity index (χ3n) is 3.18. The summed E-state index contributed by atoms with van der Waals surface area (Å²) in [7, 11) is 1.58. The van der Waals surface area contributed by atoms with Gasteiger partial charge in [-0.05, 0) is 35.9 Å². The molecule has 106 valence electrons. The summed E-state index contributed by atoms with van der Waals surface area (Å²) in [5.41, 5.74) is 1.47.